The molecule has 180 valence electrons. The summed E-state index contributed by atoms with van der Waals surface area (Å²) in [6, 6.07) is 11.1. The highest BCUT2D eigenvalue weighted by molar-refractivity contribution is 8.23. The topological polar surface area (TPSA) is 165 Å². The van der Waals surface area contributed by atoms with Gasteiger partial charge in [-0.1, -0.05) is 22.9 Å². The number of nitrogens with zero attached hydrogens (tertiary/aromatic N) is 2. The van der Waals surface area contributed by atoms with Gasteiger partial charge in [-0.15, -0.1) is 4.40 Å². The molecule has 1 aliphatic carbocycles. The summed E-state index contributed by atoms with van der Waals surface area (Å²) >= 11 is 0. The summed E-state index contributed by atoms with van der Waals surface area (Å²) in [5, 5.41) is 14.3. The van der Waals surface area contributed by atoms with Crippen LogP contribution in [0.5, 0.6) is 5.75 Å². The number of aromatic hydroxyl groups is 1. The summed E-state index contributed by atoms with van der Waals surface area (Å²) in [7, 11) is -7.41. The normalized spacial score (nSPS) is 18.3. The van der Waals surface area contributed by atoms with E-state index in [1.165, 1.54) is 22.9 Å². The average molecular weight is 506 g/mol. The number of anilines is 2. The minimum atomic E-state index is -3.82. The summed E-state index contributed by atoms with van der Waals surface area (Å²) < 4.78 is 52.2. The lowest BCUT2D eigenvalue weighted by Gasteiger charge is -2.35. The zero-order valence-electron chi connectivity index (χ0n) is 18.0. The third-order valence-corrected chi connectivity index (χ3v) is 7.73. The van der Waals surface area contributed by atoms with Gasteiger partial charge in [0.2, 0.25) is 10.0 Å². The summed E-state index contributed by atoms with van der Waals surface area (Å²) in [6.45, 7) is 0. The number of hydrogen-bond donors (Lipinski definition) is 6. The second kappa shape index (κ2) is 7.91. The van der Waals surface area contributed by atoms with E-state index in [2.05, 4.69) is 19.9 Å². The Morgan fingerprint density at radius 2 is 1.91 bits per heavy atom. The maximum atomic E-state index is 13.5. The molecule has 13 heteroatoms. The Morgan fingerprint density at radius 3 is 2.59 bits per heavy atom. The Balaban J connectivity index is 1.64. The van der Waals surface area contributed by atoms with Gasteiger partial charge in [0.1, 0.15) is 16.2 Å². The fraction of sp³-hybridized carbons (Fsp3) is 0.238. The fourth-order valence-electron chi connectivity index (χ4n) is 3.95. The molecule has 2 aliphatic rings. The molecule has 34 heavy (non-hydrogen) atoms. The van der Waals surface area contributed by atoms with Crippen molar-refractivity contribution in [1.29, 1.82) is 0 Å². The standard InChI is InChI=1S/C21H23N5O6S2/c1-33(29,30)24-13-9-10-15-17(11-13)34(31,32)25-20(22-15)18-19(27)14-7-2-3-8-16(14)26(21(18)28)23-12-5-4-6-12/h2-3,7-12,23-24,27,31-32H,4-6H2,1H3,(H,22,25). The van der Waals surface area contributed by atoms with Crippen LogP contribution in [0, 0.1) is 0 Å². The number of para-hydroxylation sites is 1. The predicted octanol–water partition coefficient (Wildman–Crippen LogP) is 3.07. The van der Waals surface area contributed by atoms with Gasteiger partial charge in [0, 0.05) is 11.4 Å². The first-order valence-electron chi connectivity index (χ1n) is 10.4. The highest BCUT2D eigenvalue weighted by atomic mass is 32.3. The van der Waals surface area contributed by atoms with E-state index >= 15 is 0 Å². The van der Waals surface area contributed by atoms with E-state index in [0.29, 0.717) is 10.9 Å². The highest BCUT2D eigenvalue weighted by Gasteiger charge is 2.31. The number of nitrogens with one attached hydrogen (secondary N) is 3. The van der Waals surface area contributed by atoms with E-state index in [0.717, 1.165) is 25.5 Å². The van der Waals surface area contributed by atoms with Crippen LogP contribution in [0.25, 0.3) is 10.9 Å². The van der Waals surface area contributed by atoms with Crippen LogP contribution in [0.15, 0.2) is 56.6 Å². The maximum Gasteiger partial charge on any atom is 0.284 e. The molecule has 5 rings (SSSR count). The Kier molecular flexibility index (Phi) is 5.24. The van der Waals surface area contributed by atoms with Crippen LogP contribution in [0.3, 0.4) is 0 Å². The van der Waals surface area contributed by atoms with Gasteiger partial charge in [-0.3, -0.25) is 18.6 Å². The van der Waals surface area contributed by atoms with Crippen molar-refractivity contribution < 1.29 is 22.6 Å². The van der Waals surface area contributed by atoms with E-state index in [1.54, 1.807) is 24.3 Å². The minimum absolute atomic E-state index is 0.0434. The molecule has 0 saturated heterocycles. The number of pyridine rings is 1. The smallest absolute Gasteiger partial charge is 0.284 e. The number of aromatic nitrogens is 1. The molecule has 1 saturated carbocycles. The zero-order valence-corrected chi connectivity index (χ0v) is 19.7. The molecule has 6 N–H and O–H groups in total. The van der Waals surface area contributed by atoms with Crippen molar-refractivity contribution in [3.8, 4) is 5.75 Å². The van der Waals surface area contributed by atoms with Gasteiger partial charge in [0.15, 0.2) is 5.84 Å². The monoisotopic (exact) mass is 505 g/mol. The van der Waals surface area contributed by atoms with Gasteiger partial charge >= 0.3 is 0 Å². The maximum absolute atomic E-state index is 13.5. The molecular weight excluding hydrogens is 482 g/mol. The van der Waals surface area contributed by atoms with Crippen LogP contribution < -0.4 is 21.0 Å². The van der Waals surface area contributed by atoms with Crippen molar-refractivity contribution in [2.75, 3.05) is 21.7 Å². The second-order valence-corrected chi connectivity index (χ2v) is 11.7. The molecule has 0 unspecified atom stereocenters. The zero-order chi connectivity index (χ0) is 24.3. The number of rotatable bonds is 5. The van der Waals surface area contributed by atoms with Crippen molar-refractivity contribution in [2.45, 2.75) is 30.2 Å². The Hall–Kier alpha value is -3.26. The molecule has 1 aliphatic heterocycles. The van der Waals surface area contributed by atoms with Gasteiger partial charge in [0.05, 0.1) is 23.1 Å². The first kappa shape index (κ1) is 22.5. The Morgan fingerprint density at radius 1 is 1.18 bits per heavy atom. The first-order valence-corrected chi connectivity index (χ1v) is 13.8. The number of fused-ring (bicyclic) bond motifs is 2. The Labute approximate surface area is 196 Å². The van der Waals surface area contributed by atoms with E-state index in [9.17, 15) is 27.4 Å². The summed E-state index contributed by atoms with van der Waals surface area (Å²) in [4.78, 5) is 13.5. The molecule has 0 atom stereocenters. The highest BCUT2D eigenvalue weighted by Crippen LogP contribution is 2.56. The molecular formula is C21H23N5O6S2. The van der Waals surface area contributed by atoms with Gasteiger partial charge in [-0.2, -0.15) is 0 Å². The molecule has 2 aromatic carbocycles. The van der Waals surface area contributed by atoms with Crippen LogP contribution in [0.4, 0.5) is 11.4 Å². The SMILES string of the molecule is CS(=O)(=O)Nc1ccc2c(c1)S(O)(O)N=C(c1c(O)c3ccccc3n(NC3CCC3)c1=O)N2. The van der Waals surface area contributed by atoms with Gasteiger partial charge in [0.25, 0.3) is 5.56 Å². The van der Waals surface area contributed by atoms with E-state index in [4.69, 9.17) is 0 Å². The van der Waals surface area contributed by atoms with Crippen LogP contribution in [-0.4, -0.2) is 45.4 Å². The van der Waals surface area contributed by atoms with Crippen molar-refractivity contribution in [1.82, 2.24) is 4.68 Å². The van der Waals surface area contributed by atoms with Gasteiger partial charge < -0.3 is 15.8 Å². The fourth-order valence-corrected chi connectivity index (χ4v) is 5.70. The molecule has 0 bridgehead atoms. The van der Waals surface area contributed by atoms with Crippen LogP contribution in [-0.2, 0) is 10.0 Å². The lowest BCUT2D eigenvalue weighted by atomic mass is 9.94. The number of amidine groups is 1. The number of benzene rings is 2. The van der Waals surface area contributed by atoms with E-state index in [1.807, 2.05) is 0 Å². The average Bonchev–Trinajstić information content (AvgIpc) is 2.71. The van der Waals surface area contributed by atoms with Crippen molar-refractivity contribution >= 4 is 48.9 Å². The molecule has 2 heterocycles. The number of sulfonamides is 1. The van der Waals surface area contributed by atoms with E-state index in [-0.39, 0.29) is 39.5 Å². The molecule has 0 amide bonds. The summed E-state index contributed by atoms with van der Waals surface area (Å²) in [5.41, 5.74) is 3.22. The van der Waals surface area contributed by atoms with Gasteiger partial charge in [-0.05, 0) is 49.6 Å². The summed E-state index contributed by atoms with van der Waals surface area (Å²) in [6.07, 6.45) is 3.85. The quantitative estimate of drug-likeness (QED) is 0.308. The minimum Gasteiger partial charge on any atom is -0.506 e. The molecule has 1 fully saturated rings. The third kappa shape index (κ3) is 3.96. The molecule has 3 aromatic rings. The van der Waals surface area contributed by atoms with Crippen molar-refractivity contribution in [2.24, 2.45) is 4.40 Å². The lowest BCUT2D eigenvalue weighted by molar-refractivity contribution is 0.414. The lowest BCUT2D eigenvalue weighted by Crippen LogP contribution is -2.42. The third-order valence-electron chi connectivity index (χ3n) is 5.76. The largest absolute Gasteiger partial charge is 0.506 e. The van der Waals surface area contributed by atoms with Crippen molar-refractivity contribution in [3.63, 3.8) is 0 Å². The molecule has 1 aromatic heterocycles. The number of hydrogen-bond acceptors (Lipinski definition) is 9. The van der Waals surface area contributed by atoms with E-state index < -0.39 is 26.4 Å². The molecule has 0 spiro atoms. The molecule has 11 nitrogen and oxygen atoms in total. The van der Waals surface area contributed by atoms with Crippen LogP contribution in [0.2, 0.25) is 0 Å². The first-order chi connectivity index (χ1) is 16.0. The molecule has 0 radical (unpaired) electrons. The van der Waals surface area contributed by atoms with Crippen LogP contribution in [0.1, 0.15) is 24.8 Å². The Bertz CT molecular complexity index is 1510. The van der Waals surface area contributed by atoms with Crippen molar-refractivity contribution in [3.05, 3.63) is 58.4 Å². The van der Waals surface area contributed by atoms with Crippen LogP contribution >= 0.6 is 10.8 Å². The van der Waals surface area contributed by atoms with Gasteiger partial charge in [-0.25, -0.2) is 13.1 Å². The summed E-state index contributed by atoms with van der Waals surface area (Å²) in [5.74, 6) is -0.541. The second-order valence-electron chi connectivity index (χ2n) is 8.31. The predicted molar refractivity (Wildman–Crippen MR) is 133 cm³/mol.